The number of aromatic nitrogens is 2. The van der Waals surface area contributed by atoms with E-state index >= 15 is 0 Å². The number of carbonyl (C=O) groups excluding carboxylic acids is 3. The molecule has 0 saturated carbocycles. The van der Waals surface area contributed by atoms with Crippen molar-refractivity contribution in [1.29, 1.82) is 0 Å². The van der Waals surface area contributed by atoms with Crippen molar-refractivity contribution in [2.24, 2.45) is 11.8 Å². The summed E-state index contributed by atoms with van der Waals surface area (Å²) in [5.74, 6) is -1.36. The smallest absolute Gasteiger partial charge is 0.316 e. The molecule has 1 fully saturated rings. The van der Waals surface area contributed by atoms with Crippen LogP contribution in [0.1, 0.15) is 26.7 Å². The standard InChI is InChI=1S/C17H20N4O5/c1-9(2)13(11(22)8-10-5-6-18-15(24)14(10)23)19-17-21-20-16(26-17)12-4-3-7-25-12/h3-4,7,9-10,13H,5-6,8H2,1-2H3,(H,18,24)(H,19,21). The molecular formula is C17H20N4O5. The third-order valence-corrected chi connectivity index (χ3v) is 4.27. The Kier molecular flexibility index (Phi) is 5.15. The predicted octanol–water partition coefficient (Wildman–Crippen LogP) is 1.43. The number of rotatable bonds is 7. The summed E-state index contributed by atoms with van der Waals surface area (Å²) < 4.78 is 10.7. The number of anilines is 1. The van der Waals surface area contributed by atoms with Crippen molar-refractivity contribution >= 4 is 23.5 Å². The van der Waals surface area contributed by atoms with Gasteiger partial charge in [0.1, 0.15) is 0 Å². The molecule has 2 N–H and O–H groups in total. The summed E-state index contributed by atoms with van der Waals surface area (Å²) in [6.45, 7) is 4.14. The zero-order valence-corrected chi connectivity index (χ0v) is 14.5. The number of piperidine rings is 1. The fraction of sp³-hybridized carbons (Fsp3) is 0.471. The van der Waals surface area contributed by atoms with Crippen LogP contribution < -0.4 is 10.6 Å². The van der Waals surface area contributed by atoms with Crippen LogP contribution in [0.5, 0.6) is 0 Å². The maximum atomic E-state index is 12.7. The Hall–Kier alpha value is -2.97. The fourth-order valence-electron chi connectivity index (χ4n) is 2.86. The summed E-state index contributed by atoms with van der Waals surface area (Å²) in [7, 11) is 0. The molecule has 138 valence electrons. The van der Waals surface area contributed by atoms with E-state index in [1.54, 1.807) is 12.1 Å². The summed E-state index contributed by atoms with van der Waals surface area (Å²) in [6.07, 6.45) is 1.95. The van der Waals surface area contributed by atoms with Crippen LogP contribution >= 0.6 is 0 Å². The number of Topliss-reactive ketones (excluding diaryl/α,β-unsaturated/α-hetero) is 2. The molecule has 0 aliphatic carbocycles. The van der Waals surface area contributed by atoms with Crippen molar-refractivity contribution < 1.29 is 23.2 Å². The minimum absolute atomic E-state index is 0.00127. The molecule has 1 amide bonds. The lowest BCUT2D eigenvalue weighted by Gasteiger charge is -2.24. The second kappa shape index (κ2) is 7.51. The molecule has 1 saturated heterocycles. The number of hydrogen-bond donors (Lipinski definition) is 2. The third kappa shape index (κ3) is 3.81. The number of ketones is 2. The molecule has 1 aliphatic heterocycles. The van der Waals surface area contributed by atoms with Crippen LogP contribution in [-0.4, -0.2) is 40.3 Å². The van der Waals surface area contributed by atoms with E-state index in [1.165, 1.54) is 6.26 Å². The summed E-state index contributed by atoms with van der Waals surface area (Å²) in [5, 5.41) is 13.2. The normalized spacial score (nSPS) is 18.7. The van der Waals surface area contributed by atoms with Crippen molar-refractivity contribution in [2.75, 3.05) is 11.9 Å². The van der Waals surface area contributed by atoms with Crippen LogP contribution in [0.2, 0.25) is 0 Å². The van der Waals surface area contributed by atoms with E-state index in [9.17, 15) is 14.4 Å². The van der Waals surface area contributed by atoms with E-state index in [4.69, 9.17) is 8.83 Å². The third-order valence-electron chi connectivity index (χ3n) is 4.27. The van der Waals surface area contributed by atoms with Crippen LogP contribution in [0, 0.1) is 11.8 Å². The Balaban J connectivity index is 1.68. The number of nitrogens with zero attached hydrogens (tertiary/aromatic N) is 2. The van der Waals surface area contributed by atoms with Crippen LogP contribution in [0.15, 0.2) is 27.2 Å². The maximum Gasteiger partial charge on any atom is 0.316 e. The van der Waals surface area contributed by atoms with Crippen LogP contribution in [0.3, 0.4) is 0 Å². The second-order valence-corrected chi connectivity index (χ2v) is 6.53. The molecule has 26 heavy (non-hydrogen) atoms. The molecule has 9 heteroatoms. The highest BCUT2D eigenvalue weighted by atomic mass is 16.4. The Morgan fingerprint density at radius 2 is 2.19 bits per heavy atom. The van der Waals surface area contributed by atoms with Crippen LogP contribution in [0.4, 0.5) is 6.01 Å². The van der Waals surface area contributed by atoms with Crippen molar-refractivity contribution in [2.45, 2.75) is 32.7 Å². The molecule has 0 bridgehead atoms. The van der Waals surface area contributed by atoms with Gasteiger partial charge in [-0.15, -0.1) is 5.10 Å². The van der Waals surface area contributed by atoms with E-state index in [0.717, 1.165) is 0 Å². The topological polar surface area (TPSA) is 127 Å². The van der Waals surface area contributed by atoms with Gasteiger partial charge in [-0.2, -0.15) is 0 Å². The number of amides is 1. The van der Waals surface area contributed by atoms with Crippen molar-refractivity contribution in [3.05, 3.63) is 18.4 Å². The lowest BCUT2D eigenvalue weighted by Crippen LogP contribution is -2.45. The van der Waals surface area contributed by atoms with Gasteiger partial charge in [0.25, 0.3) is 11.8 Å². The minimum atomic E-state index is -0.622. The van der Waals surface area contributed by atoms with E-state index in [-0.39, 0.29) is 30.0 Å². The van der Waals surface area contributed by atoms with Gasteiger partial charge in [-0.3, -0.25) is 14.4 Å². The highest BCUT2D eigenvalue weighted by Crippen LogP contribution is 2.23. The number of carbonyl (C=O) groups is 3. The molecule has 2 atom stereocenters. The van der Waals surface area contributed by atoms with E-state index in [0.29, 0.717) is 18.7 Å². The lowest BCUT2D eigenvalue weighted by molar-refractivity contribution is -0.143. The lowest BCUT2D eigenvalue weighted by atomic mass is 9.87. The zero-order valence-electron chi connectivity index (χ0n) is 14.5. The van der Waals surface area contributed by atoms with Gasteiger partial charge >= 0.3 is 6.01 Å². The Morgan fingerprint density at radius 3 is 2.88 bits per heavy atom. The molecule has 0 radical (unpaired) electrons. The van der Waals surface area contributed by atoms with Crippen molar-refractivity contribution in [1.82, 2.24) is 15.5 Å². The molecule has 3 rings (SSSR count). The summed E-state index contributed by atoms with van der Waals surface area (Å²) in [5.41, 5.74) is 0. The van der Waals surface area contributed by atoms with Gasteiger partial charge in [0.15, 0.2) is 11.5 Å². The summed E-state index contributed by atoms with van der Waals surface area (Å²) in [6, 6.07) is 2.86. The molecule has 2 aromatic heterocycles. The molecule has 0 aromatic carbocycles. The molecule has 2 aromatic rings. The first-order valence-electron chi connectivity index (χ1n) is 8.44. The van der Waals surface area contributed by atoms with Crippen molar-refractivity contribution in [3.8, 4) is 11.7 Å². The number of hydrogen-bond acceptors (Lipinski definition) is 8. The first-order chi connectivity index (χ1) is 12.5. The summed E-state index contributed by atoms with van der Waals surface area (Å²) >= 11 is 0. The first kappa shape index (κ1) is 17.8. The van der Waals surface area contributed by atoms with Gasteiger partial charge in [0.05, 0.1) is 12.3 Å². The molecular weight excluding hydrogens is 340 g/mol. The Morgan fingerprint density at radius 1 is 1.38 bits per heavy atom. The summed E-state index contributed by atoms with van der Waals surface area (Å²) in [4.78, 5) is 36.1. The fourth-order valence-corrected chi connectivity index (χ4v) is 2.86. The van der Waals surface area contributed by atoms with Gasteiger partial charge < -0.3 is 19.5 Å². The van der Waals surface area contributed by atoms with Gasteiger partial charge in [-0.1, -0.05) is 18.9 Å². The van der Waals surface area contributed by atoms with Gasteiger partial charge in [0, 0.05) is 18.9 Å². The average molecular weight is 360 g/mol. The van der Waals surface area contributed by atoms with Gasteiger partial charge in [-0.05, 0) is 24.5 Å². The molecule has 9 nitrogen and oxygen atoms in total. The Bertz CT molecular complexity index is 796. The maximum absolute atomic E-state index is 12.7. The van der Waals surface area contributed by atoms with E-state index in [2.05, 4.69) is 20.8 Å². The highest BCUT2D eigenvalue weighted by molar-refractivity contribution is 6.37. The molecule has 0 spiro atoms. The quantitative estimate of drug-likeness (QED) is 0.710. The average Bonchev–Trinajstić information content (AvgIpc) is 3.27. The van der Waals surface area contributed by atoms with Crippen molar-refractivity contribution in [3.63, 3.8) is 0 Å². The van der Waals surface area contributed by atoms with E-state index < -0.39 is 23.7 Å². The largest absolute Gasteiger partial charge is 0.459 e. The monoisotopic (exact) mass is 360 g/mol. The Labute approximate surface area is 149 Å². The minimum Gasteiger partial charge on any atom is -0.459 e. The van der Waals surface area contributed by atoms with Gasteiger partial charge in [0.2, 0.25) is 5.78 Å². The highest BCUT2D eigenvalue weighted by Gasteiger charge is 2.34. The SMILES string of the molecule is CC(C)C(Nc1nnc(-c2ccco2)o1)C(=O)CC1CCNC(=O)C1=O. The zero-order chi connectivity index (χ0) is 18.7. The second-order valence-electron chi connectivity index (χ2n) is 6.53. The van der Waals surface area contributed by atoms with Crippen LogP contribution in [-0.2, 0) is 14.4 Å². The first-order valence-corrected chi connectivity index (χ1v) is 8.44. The number of nitrogens with one attached hydrogen (secondary N) is 2. The molecule has 3 heterocycles. The molecule has 2 unspecified atom stereocenters. The predicted molar refractivity (Wildman–Crippen MR) is 90.0 cm³/mol. The number of furan rings is 1. The molecule has 1 aliphatic rings. The van der Waals surface area contributed by atoms with E-state index in [1.807, 2.05) is 13.8 Å². The van der Waals surface area contributed by atoms with Gasteiger partial charge in [-0.25, -0.2) is 0 Å². The van der Waals surface area contributed by atoms with Crippen LogP contribution in [0.25, 0.3) is 11.7 Å².